The maximum absolute atomic E-state index is 11.6. The Morgan fingerprint density at radius 1 is 1.50 bits per heavy atom. The van der Waals surface area contributed by atoms with Crippen molar-refractivity contribution in [3.8, 4) is 0 Å². The highest BCUT2D eigenvalue weighted by molar-refractivity contribution is 5.84. The van der Waals surface area contributed by atoms with Crippen molar-refractivity contribution in [2.24, 2.45) is 0 Å². The quantitative estimate of drug-likeness (QED) is 0.808. The molecule has 0 aromatic heterocycles. The molecule has 0 fully saturated rings. The first-order chi connectivity index (χ1) is 8.31. The largest absolute Gasteiger partial charge is 0.444 e. The van der Waals surface area contributed by atoms with Crippen molar-refractivity contribution >= 4 is 11.8 Å². The van der Waals surface area contributed by atoms with Crippen LogP contribution in [-0.2, 0) is 4.74 Å². The molecule has 0 radical (unpaired) electrons. The molecule has 0 saturated carbocycles. The minimum absolute atomic E-state index is 0.521. The monoisotopic (exact) mass is 249 g/mol. The van der Waals surface area contributed by atoms with Gasteiger partial charge in [-0.1, -0.05) is 18.2 Å². The van der Waals surface area contributed by atoms with Gasteiger partial charge in [0, 0.05) is 5.69 Å². The van der Waals surface area contributed by atoms with E-state index in [1.807, 2.05) is 0 Å². The Bertz CT molecular complexity index is 435. The summed E-state index contributed by atoms with van der Waals surface area (Å²) in [5.41, 5.74) is 0.698. The van der Waals surface area contributed by atoms with Crippen molar-refractivity contribution in [3.05, 3.63) is 42.5 Å². The van der Waals surface area contributed by atoms with Crippen LogP contribution in [0.5, 0.6) is 0 Å². The van der Waals surface area contributed by atoms with E-state index in [0.29, 0.717) is 11.3 Å². The molecule has 18 heavy (non-hydrogen) atoms. The van der Waals surface area contributed by atoms with Gasteiger partial charge >= 0.3 is 6.09 Å². The van der Waals surface area contributed by atoms with Crippen LogP contribution in [0.3, 0.4) is 0 Å². The molecule has 4 nitrogen and oxygen atoms in total. The molecule has 0 saturated heterocycles. The summed E-state index contributed by atoms with van der Waals surface area (Å²) < 4.78 is 5.14. The third kappa shape index (κ3) is 4.59. The SMILES string of the molecule is C=CC(O)c1cccc(NC(=O)OC(C)(C)C)c1. The van der Waals surface area contributed by atoms with E-state index in [-0.39, 0.29) is 0 Å². The molecule has 1 atom stereocenters. The Hall–Kier alpha value is -1.81. The normalized spacial score (nSPS) is 12.7. The lowest BCUT2D eigenvalue weighted by Gasteiger charge is -2.20. The van der Waals surface area contributed by atoms with Gasteiger partial charge in [-0.2, -0.15) is 0 Å². The van der Waals surface area contributed by atoms with Crippen LogP contribution in [0.15, 0.2) is 36.9 Å². The Labute approximate surface area is 107 Å². The van der Waals surface area contributed by atoms with E-state index in [9.17, 15) is 9.90 Å². The summed E-state index contributed by atoms with van der Waals surface area (Å²) in [6, 6.07) is 6.90. The second-order valence-electron chi connectivity index (χ2n) is 4.93. The first-order valence-electron chi connectivity index (χ1n) is 5.72. The molecular weight excluding hydrogens is 230 g/mol. The number of ether oxygens (including phenoxy) is 1. The lowest BCUT2D eigenvalue weighted by molar-refractivity contribution is 0.0636. The van der Waals surface area contributed by atoms with Crippen LogP contribution in [0.4, 0.5) is 10.5 Å². The molecule has 0 spiro atoms. The zero-order valence-corrected chi connectivity index (χ0v) is 10.9. The predicted octanol–water partition coefficient (Wildman–Crippen LogP) is 3.25. The standard InChI is InChI=1S/C14H19NO3/c1-5-12(16)10-7-6-8-11(9-10)15-13(17)18-14(2,3)4/h5-9,12,16H,1H2,2-4H3,(H,15,17). The Kier molecular flexibility index (Phi) is 4.50. The maximum atomic E-state index is 11.6. The number of rotatable bonds is 3. The fraction of sp³-hybridized carbons (Fsp3) is 0.357. The summed E-state index contributed by atoms with van der Waals surface area (Å²) in [7, 11) is 0. The van der Waals surface area contributed by atoms with E-state index in [0.717, 1.165) is 0 Å². The van der Waals surface area contributed by atoms with Gasteiger partial charge in [0.05, 0.1) is 6.10 Å². The fourth-order valence-corrected chi connectivity index (χ4v) is 1.36. The number of amides is 1. The minimum Gasteiger partial charge on any atom is -0.444 e. The predicted molar refractivity (Wildman–Crippen MR) is 71.5 cm³/mol. The lowest BCUT2D eigenvalue weighted by Crippen LogP contribution is -2.27. The Balaban J connectivity index is 2.73. The number of aliphatic hydroxyl groups is 1. The Morgan fingerprint density at radius 2 is 2.17 bits per heavy atom. The number of aliphatic hydroxyl groups excluding tert-OH is 1. The van der Waals surface area contributed by atoms with Crippen molar-refractivity contribution in [1.82, 2.24) is 0 Å². The molecule has 0 aliphatic heterocycles. The first-order valence-corrected chi connectivity index (χ1v) is 5.72. The third-order valence-corrected chi connectivity index (χ3v) is 2.10. The van der Waals surface area contributed by atoms with Crippen LogP contribution in [0, 0.1) is 0 Å². The van der Waals surface area contributed by atoms with Crippen molar-refractivity contribution in [3.63, 3.8) is 0 Å². The highest BCUT2D eigenvalue weighted by Crippen LogP contribution is 2.19. The zero-order valence-electron chi connectivity index (χ0n) is 10.9. The number of anilines is 1. The highest BCUT2D eigenvalue weighted by atomic mass is 16.6. The molecule has 1 aromatic carbocycles. The van der Waals surface area contributed by atoms with Gasteiger partial charge in [-0.3, -0.25) is 5.32 Å². The van der Waals surface area contributed by atoms with Crippen molar-refractivity contribution in [1.29, 1.82) is 0 Å². The van der Waals surface area contributed by atoms with E-state index in [1.165, 1.54) is 6.08 Å². The van der Waals surface area contributed by atoms with Crippen molar-refractivity contribution in [2.75, 3.05) is 5.32 Å². The summed E-state index contributed by atoms with van der Waals surface area (Å²) in [5.74, 6) is 0. The van der Waals surface area contributed by atoms with E-state index in [4.69, 9.17) is 4.74 Å². The smallest absolute Gasteiger partial charge is 0.412 e. The number of hydrogen-bond acceptors (Lipinski definition) is 3. The van der Waals surface area contributed by atoms with Crippen LogP contribution in [0.25, 0.3) is 0 Å². The molecule has 1 rings (SSSR count). The van der Waals surface area contributed by atoms with E-state index in [1.54, 1.807) is 45.0 Å². The van der Waals surface area contributed by atoms with Gasteiger partial charge in [-0.05, 0) is 38.5 Å². The molecule has 98 valence electrons. The second kappa shape index (κ2) is 5.69. The van der Waals surface area contributed by atoms with E-state index in [2.05, 4.69) is 11.9 Å². The summed E-state index contributed by atoms with van der Waals surface area (Å²) in [5, 5.41) is 12.2. The van der Waals surface area contributed by atoms with Gasteiger partial charge in [-0.25, -0.2) is 4.79 Å². The Morgan fingerprint density at radius 3 is 2.72 bits per heavy atom. The highest BCUT2D eigenvalue weighted by Gasteiger charge is 2.16. The fourth-order valence-electron chi connectivity index (χ4n) is 1.36. The average Bonchev–Trinajstić information content (AvgIpc) is 2.25. The molecule has 0 aliphatic rings. The molecule has 0 bridgehead atoms. The molecular formula is C14H19NO3. The van der Waals surface area contributed by atoms with Gasteiger partial charge < -0.3 is 9.84 Å². The third-order valence-electron chi connectivity index (χ3n) is 2.10. The number of carbonyl (C=O) groups is 1. The van der Waals surface area contributed by atoms with Crippen molar-refractivity contribution < 1.29 is 14.6 Å². The topological polar surface area (TPSA) is 58.6 Å². The van der Waals surface area contributed by atoms with Crippen LogP contribution in [-0.4, -0.2) is 16.8 Å². The number of carbonyl (C=O) groups excluding carboxylic acids is 1. The zero-order chi connectivity index (χ0) is 13.8. The van der Waals surface area contributed by atoms with Gasteiger partial charge in [0.2, 0.25) is 0 Å². The molecule has 1 unspecified atom stereocenters. The molecule has 4 heteroatoms. The first kappa shape index (κ1) is 14.3. The van der Waals surface area contributed by atoms with Gasteiger partial charge in [0.1, 0.15) is 5.60 Å². The summed E-state index contributed by atoms with van der Waals surface area (Å²) in [6.07, 6.45) is 0.158. The van der Waals surface area contributed by atoms with Gasteiger partial charge in [0.15, 0.2) is 0 Å². The van der Waals surface area contributed by atoms with E-state index < -0.39 is 17.8 Å². The van der Waals surface area contributed by atoms with Crippen LogP contribution in [0.2, 0.25) is 0 Å². The second-order valence-corrected chi connectivity index (χ2v) is 4.93. The number of benzene rings is 1. The number of nitrogens with one attached hydrogen (secondary N) is 1. The van der Waals surface area contributed by atoms with Crippen LogP contribution >= 0.6 is 0 Å². The molecule has 1 aromatic rings. The lowest BCUT2D eigenvalue weighted by atomic mass is 10.1. The van der Waals surface area contributed by atoms with Crippen molar-refractivity contribution in [2.45, 2.75) is 32.5 Å². The maximum Gasteiger partial charge on any atom is 0.412 e. The van der Waals surface area contributed by atoms with Crippen LogP contribution in [0.1, 0.15) is 32.4 Å². The van der Waals surface area contributed by atoms with Gasteiger partial charge in [0.25, 0.3) is 0 Å². The number of hydrogen-bond donors (Lipinski definition) is 2. The summed E-state index contributed by atoms with van der Waals surface area (Å²) in [4.78, 5) is 11.6. The molecule has 1 amide bonds. The van der Waals surface area contributed by atoms with Gasteiger partial charge in [-0.15, -0.1) is 6.58 Å². The minimum atomic E-state index is -0.745. The molecule has 0 aliphatic carbocycles. The van der Waals surface area contributed by atoms with E-state index >= 15 is 0 Å². The summed E-state index contributed by atoms with van der Waals surface area (Å²) >= 11 is 0. The molecule has 0 heterocycles. The molecule has 2 N–H and O–H groups in total. The summed E-state index contributed by atoms with van der Waals surface area (Å²) in [6.45, 7) is 8.90. The average molecular weight is 249 g/mol. The van der Waals surface area contributed by atoms with Crippen LogP contribution < -0.4 is 5.32 Å².